The highest BCUT2D eigenvalue weighted by molar-refractivity contribution is 7.98. The highest BCUT2D eigenvalue weighted by Crippen LogP contribution is 2.19. The first-order valence-electron chi connectivity index (χ1n) is 7.81. The Bertz CT molecular complexity index is 628. The Labute approximate surface area is 139 Å². The summed E-state index contributed by atoms with van der Waals surface area (Å²) in [5, 5.41) is 13.9. The van der Waals surface area contributed by atoms with Crippen LogP contribution in [0, 0.1) is 5.92 Å². The molecule has 3 rings (SSSR count). The molecule has 0 saturated carbocycles. The van der Waals surface area contributed by atoms with E-state index in [1.54, 1.807) is 11.8 Å². The lowest BCUT2D eigenvalue weighted by atomic mass is 9.94. The summed E-state index contributed by atoms with van der Waals surface area (Å²) in [6.07, 6.45) is 2.60. The molecule has 7 heteroatoms. The molecule has 0 spiro atoms. The minimum absolute atomic E-state index is 0.0000114. The SMILES string of the molecule is CC1CCNCC1NC(=O)c1ccc(CSc2ncn[nH]2)cc1. The molecule has 122 valence electrons. The van der Waals surface area contributed by atoms with Crippen LogP contribution in [0.3, 0.4) is 0 Å². The van der Waals surface area contributed by atoms with Crippen molar-refractivity contribution in [2.45, 2.75) is 30.3 Å². The Morgan fingerprint density at radius 2 is 2.22 bits per heavy atom. The van der Waals surface area contributed by atoms with Crippen molar-refractivity contribution in [3.8, 4) is 0 Å². The average molecular weight is 331 g/mol. The Kier molecular flexibility index (Phi) is 5.30. The number of amides is 1. The van der Waals surface area contributed by atoms with Gasteiger partial charge >= 0.3 is 0 Å². The molecule has 1 aliphatic rings. The van der Waals surface area contributed by atoms with E-state index in [-0.39, 0.29) is 11.9 Å². The van der Waals surface area contributed by atoms with E-state index in [0.717, 1.165) is 36.0 Å². The number of H-pyrrole nitrogens is 1. The number of nitrogens with zero attached hydrogens (tertiary/aromatic N) is 2. The standard InChI is InChI=1S/C16H21N5OS/c1-11-6-7-17-8-14(11)20-15(22)13-4-2-12(3-5-13)9-23-16-18-10-19-21-16/h2-5,10-11,14,17H,6-9H2,1H3,(H,20,22)(H,18,19,21). The van der Waals surface area contributed by atoms with Crippen LogP contribution in [0.4, 0.5) is 0 Å². The third kappa shape index (κ3) is 4.33. The van der Waals surface area contributed by atoms with Gasteiger partial charge in [0.1, 0.15) is 6.33 Å². The zero-order chi connectivity index (χ0) is 16.1. The number of carbonyl (C=O) groups is 1. The number of rotatable bonds is 5. The molecule has 2 heterocycles. The molecule has 1 aromatic carbocycles. The zero-order valence-electron chi connectivity index (χ0n) is 13.1. The molecule has 23 heavy (non-hydrogen) atoms. The van der Waals surface area contributed by atoms with E-state index in [0.29, 0.717) is 11.5 Å². The fourth-order valence-electron chi connectivity index (χ4n) is 2.60. The Hall–Kier alpha value is -1.86. The maximum Gasteiger partial charge on any atom is 0.251 e. The molecule has 1 fully saturated rings. The second kappa shape index (κ2) is 7.61. The maximum absolute atomic E-state index is 12.3. The van der Waals surface area contributed by atoms with Gasteiger partial charge in [-0.2, -0.15) is 5.10 Å². The predicted molar refractivity (Wildman–Crippen MR) is 90.3 cm³/mol. The van der Waals surface area contributed by atoms with Crippen LogP contribution in [-0.4, -0.2) is 40.2 Å². The Morgan fingerprint density at radius 3 is 2.91 bits per heavy atom. The molecule has 1 amide bonds. The molecule has 2 unspecified atom stereocenters. The second-order valence-electron chi connectivity index (χ2n) is 5.83. The van der Waals surface area contributed by atoms with Gasteiger partial charge in [0.15, 0.2) is 5.16 Å². The highest BCUT2D eigenvalue weighted by atomic mass is 32.2. The van der Waals surface area contributed by atoms with Crippen LogP contribution in [0.1, 0.15) is 29.3 Å². The largest absolute Gasteiger partial charge is 0.348 e. The monoisotopic (exact) mass is 331 g/mol. The van der Waals surface area contributed by atoms with Gasteiger partial charge in [0.05, 0.1) is 0 Å². The number of nitrogens with one attached hydrogen (secondary N) is 3. The van der Waals surface area contributed by atoms with E-state index < -0.39 is 0 Å². The average Bonchev–Trinajstić information content (AvgIpc) is 3.09. The Balaban J connectivity index is 1.54. The van der Waals surface area contributed by atoms with Crippen molar-refractivity contribution in [3.05, 3.63) is 41.7 Å². The number of piperidine rings is 1. The van der Waals surface area contributed by atoms with Crippen LogP contribution in [0.25, 0.3) is 0 Å². The number of hydrogen-bond donors (Lipinski definition) is 3. The van der Waals surface area contributed by atoms with Crippen LogP contribution >= 0.6 is 11.8 Å². The zero-order valence-corrected chi connectivity index (χ0v) is 13.9. The smallest absolute Gasteiger partial charge is 0.251 e. The fraction of sp³-hybridized carbons (Fsp3) is 0.438. The number of benzene rings is 1. The molecule has 3 N–H and O–H groups in total. The van der Waals surface area contributed by atoms with E-state index in [9.17, 15) is 4.79 Å². The summed E-state index contributed by atoms with van der Waals surface area (Å²) >= 11 is 1.59. The summed E-state index contributed by atoms with van der Waals surface area (Å²) in [4.78, 5) is 16.4. The summed E-state index contributed by atoms with van der Waals surface area (Å²) in [6.45, 7) is 4.07. The van der Waals surface area contributed by atoms with Crippen molar-refractivity contribution in [2.75, 3.05) is 13.1 Å². The summed E-state index contributed by atoms with van der Waals surface area (Å²) in [5.41, 5.74) is 1.85. The topological polar surface area (TPSA) is 82.7 Å². The first kappa shape index (κ1) is 16.0. The van der Waals surface area contributed by atoms with Gasteiger partial charge in [-0.15, -0.1) is 0 Å². The predicted octanol–water partition coefficient (Wildman–Crippen LogP) is 1.82. The van der Waals surface area contributed by atoms with E-state index in [1.165, 1.54) is 6.33 Å². The van der Waals surface area contributed by atoms with Crippen molar-refractivity contribution >= 4 is 17.7 Å². The Morgan fingerprint density at radius 1 is 1.39 bits per heavy atom. The third-order valence-corrected chi connectivity index (χ3v) is 5.08. The van der Waals surface area contributed by atoms with Crippen LogP contribution in [0.15, 0.2) is 35.7 Å². The molecule has 2 atom stereocenters. The lowest BCUT2D eigenvalue weighted by molar-refractivity contribution is 0.0915. The summed E-state index contributed by atoms with van der Waals surface area (Å²) in [7, 11) is 0. The maximum atomic E-state index is 12.3. The van der Waals surface area contributed by atoms with Gasteiger partial charge < -0.3 is 10.6 Å². The van der Waals surface area contributed by atoms with Crippen molar-refractivity contribution in [1.29, 1.82) is 0 Å². The molecule has 1 saturated heterocycles. The first-order chi connectivity index (χ1) is 11.2. The molecule has 0 aliphatic carbocycles. The van der Waals surface area contributed by atoms with Crippen molar-refractivity contribution in [2.24, 2.45) is 5.92 Å². The van der Waals surface area contributed by atoms with E-state index >= 15 is 0 Å². The second-order valence-corrected chi connectivity index (χ2v) is 6.79. The minimum atomic E-state index is -0.0000114. The van der Waals surface area contributed by atoms with Crippen LogP contribution in [-0.2, 0) is 5.75 Å². The normalized spacial score (nSPS) is 21.1. The summed E-state index contributed by atoms with van der Waals surface area (Å²) in [5.74, 6) is 1.30. The summed E-state index contributed by atoms with van der Waals surface area (Å²) < 4.78 is 0. The molecule has 1 aromatic heterocycles. The molecule has 0 radical (unpaired) electrons. The van der Waals surface area contributed by atoms with Crippen molar-refractivity contribution in [1.82, 2.24) is 25.8 Å². The highest BCUT2D eigenvalue weighted by Gasteiger charge is 2.22. The van der Waals surface area contributed by atoms with Crippen LogP contribution < -0.4 is 10.6 Å². The molecule has 1 aliphatic heterocycles. The lowest BCUT2D eigenvalue weighted by Crippen LogP contribution is -2.50. The minimum Gasteiger partial charge on any atom is -0.348 e. The van der Waals surface area contributed by atoms with Crippen LogP contribution in [0.2, 0.25) is 0 Å². The van der Waals surface area contributed by atoms with Gasteiger partial charge in [-0.1, -0.05) is 30.8 Å². The number of hydrogen-bond acceptors (Lipinski definition) is 5. The van der Waals surface area contributed by atoms with Gasteiger partial charge in [-0.3, -0.25) is 9.89 Å². The molecule has 2 aromatic rings. The third-order valence-electron chi connectivity index (χ3n) is 4.13. The van der Waals surface area contributed by atoms with Gasteiger partial charge in [0.25, 0.3) is 5.91 Å². The number of aromatic nitrogens is 3. The van der Waals surface area contributed by atoms with E-state index in [2.05, 4.69) is 32.7 Å². The summed E-state index contributed by atoms with van der Waals surface area (Å²) in [6, 6.07) is 7.94. The molecular weight excluding hydrogens is 310 g/mol. The van der Waals surface area contributed by atoms with Crippen molar-refractivity contribution < 1.29 is 4.79 Å². The molecular formula is C16H21N5OS. The number of carbonyl (C=O) groups excluding carboxylic acids is 1. The van der Waals surface area contributed by atoms with Gasteiger partial charge in [0.2, 0.25) is 0 Å². The fourth-order valence-corrected chi connectivity index (χ4v) is 3.34. The van der Waals surface area contributed by atoms with Crippen molar-refractivity contribution in [3.63, 3.8) is 0 Å². The molecule has 0 bridgehead atoms. The van der Waals surface area contributed by atoms with Crippen LogP contribution in [0.5, 0.6) is 0 Å². The van der Waals surface area contributed by atoms with Gasteiger partial charge in [-0.25, -0.2) is 4.98 Å². The quantitative estimate of drug-likeness (QED) is 0.728. The number of aromatic amines is 1. The van der Waals surface area contributed by atoms with Gasteiger partial charge in [-0.05, 0) is 36.6 Å². The molecule has 6 nitrogen and oxygen atoms in total. The first-order valence-corrected chi connectivity index (χ1v) is 8.79. The van der Waals surface area contributed by atoms with E-state index in [1.807, 2.05) is 24.3 Å². The lowest BCUT2D eigenvalue weighted by Gasteiger charge is -2.30. The van der Waals surface area contributed by atoms with E-state index in [4.69, 9.17) is 0 Å². The van der Waals surface area contributed by atoms with Gasteiger partial charge in [0, 0.05) is 23.9 Å². The number of thioether (sulfide) groups is 1.